The summed E-state index contributed by atoms with van der Waals surface area (Å²) < 4.78 is 0. The molecule has 0 bridgehead atoms. The number of para-hydroxylation sites is 1. The SMILES string of the molecule is O=C(Nc1nc2c(s1)CCC2)C1=NCC(=O)N(c2ccccc2)N1. The second-order valence-electron chi connectivity index (χ2n) is 5.54. The summed E-state index contributed by atoms with van der Waals surface area (Å²) in [4.78, 5) is 34.1. The number of fused-ring (bicyclic) bond motifs is 1. The molecule has 7 nitrogen and oxygen atoms in total. The van der Waals surface area contributed by atoms with E-state index in [2.05, 4.69) is 20.7 Å². The van der Waals surface area contributed by atoms with Gasteiger partial charge in [0.1, 0.15) is 6.54 Å². The Hall–Kier alpha value is -2.74. The average Bonchev–Trinajstić information content (AvgIpc) is 3.17. The lowest BCUT2D eigenvalue weighted by atomic mass is 10.3. The molecule has 1 aromatic heterocycles. The van der Waals surface area contributed by atoms with Crippen LogP contribution >= 0.6 is 11.3 Å². The standard InChI is InChI=1S/C16H15N5O2S/c22-13-9-17-14(20-21(13)10-5-2-1-3-6-10)15(23)19-16-18-11-7-4-8-12(11)24-16/h1-3,5-6H,4,7-9H2,(H,17,20)(H,18,19,23). The number of aliphatic imine (C=N–C) groups is 1. The zero-order valence-electron chi connectivity index (χ0n) is 12.8. The van der Waals surface area contributed by atoms with Crippen molar-refractivity contribution >= 4 is 39.8 Å². The van der Waals surface area contributed by atoms with Crippen molar-refractivity contribution in [2.45, 2.75) is 19.3 Å². The number of hydrazine groups is 1. The minimum atomic E-state index is -0.393. The summed E-state index contributed by atoms with van der Waals surface area (Å²) >= 11 is 1.51. The van der Waals surface area contributed by atoms with Crippen LogP contribution in [0.15, 0.2) is 35.3 Å². The van der Waals surface area contributed by atoms with E-state index in [4.69, 9.17) is 0 Å². The number of hydrogen-bond donors (Lipinski definition) is 2. The maximum Gasteiger partial charge on any atom is 0.294 e. The van der Waals surface area contributed by atoms with Crippen LogP contribution < -0.4 is 15.8 Å². The number of hydrogen-bond acceptors (Lipinski definition) is 6. The third-order valence-corrected chi connectivity index (χ3v) is 4.96. The molecule has 1 aliphatic carbocycles. The molecular weight excluding hydrogens is 326 g/mol. The molecule has 2 aromatic rings. The van der Waals surface area contributed by atoms with Gasteiger partial charge in [0.25, 0.3) is 11.8 Å². The van der Waals surface area contributed by atoms with Crippen LogP contribution in [0.1, 0.15) is 17.0 Å². The quantitative estimate of drug-likeness (QED) is 0.886. The molecule has 2 N–H and O–H groups in total. The molecule has 1 aliphatic heterocycles. The molecule has 0 saturated carbocycles. The number of amidine groups is 1. The topological polar surface area (TPSA) is 86.7 Å². The van der Waals surface area contributed by atoms with Gasteiger partial charge in [-0.05, 0) is 31.4 Å². The predicted molar refractivity (Wildman–Crippen MR) is 92.1 cm³/mol. The van der Waals surface area contributed by atoms with Gasteiger partial charge in [0.15, 0.2) is 5.13 Å². The van der Waals surface area contributed by atoms with Gasteiger partial charge in [0.2, 0.25) is 5.84 Å². The fourth-order valence-electron chi connectivity index (χ4n) is 2.73. The molecule has 0 unspecified atom stereocenters. The summed E-state index contributed by atoms with van der Waals surface area (Å²) in [5.41, 5.74) is 4.53. The minimum absolute atomic E-state index is 0.0704. The third kappa shape index (κ3) is 2.76. The normalized spacial score (nSPS) is 16.4. The van der Waals surface area contributed by atoms with Gasteiger partial charge in [-0.25, -0.2) is 9.99 Å². The van der Waals surface area contributed by atoms with Gasteiger partial charge in [-0.3, -0.25) is 25.3 Å². The first-order valence-electron chi connectivity index (χ1n) is 7.70. The van der Waals surface area contributed by atoms with E-state index in [1.807, 2.05) is 18.2 Å². The van der Waals surface area contributed by atoms with E-state index >= 15 is 0 Å². The summed E-state index contributed by atoms with van der Waals surface area (Å²) in [6.07, 6.45) is 3.13. The molecule has 2 heterocycles. The Kier molecular flexibility index (Phi) is 3.73. The van der Waals surface area contributed by atoms with E-state index in [1.54, 1.807) is 12.1 Å². The summed E-state index contributed by atoms with van der Waals surface area (Å²) in [6, 6.07) is 9.09. The van der Waals surface area contributed by atoms with Crippen LogP contribution in [0.4, 0.5) is 10.8 Å². The second-order valence-corrected chi connectivity index (χ2v) is 6.62. The molecule has 0 radical (unpaired) electrons. The number of carbonyl (C=O) groups excluding carboxylic acids is 2. The first-order valence-corrected chi connectivity index (χ1v) is 8.51. The van der Waals surface area contributed by atoms with Crippen molar-refractivity contribution in [1.29, 1.82) is 0 Å². The fraction of sp³-hybridized carbons (Fsp3) is 0.250. The van der Waals surface area contributed by atoms with Crippen LogP contribution in [-0.4, -0.2) is 29.2 Å². The Morgan fingerprint density at radius 1 is 1.25 bits per heavy atom. The molecule has 4 rings (SSSR count). The van der Waals surface area contributed by atoms with Crippen molar-refractivity contribution in [3.05, 3.63) is 40.9 Å². The van der Waals surface area contributed by atoms with Crippen LogP contribution in [0.25, 0.3) is 0 Å². The van der Waals surface area contributed by atoms with Crippen LogP contribution in [0.2, 0.25) is 0 Å². The Balaban J connectivity index is 1.49. The van der Waals surface area contributed by atoms with Crippen molar-refractivity contribution in [2.75, 3.05) is 16.9 Å². The number of nitrogens with zero attached hydrogens (tertiary/aromatic N) is 3. The van der Waals surface area contributed by atoms with E-state index in [0.29, 0.717) is 10.8 Å². The fourth-order valence-corrected chi connectivity index (χ4v) is 3.77. The lowest BCUT2D eigenvalue weighted by molar-refractivity contribution is -0.118. The van der Waals surface area contributed by atoms with Crippen molar-refractivity contribution in [2.24, 2.45) is 4.99 Å². The van der Waals surface area contributed by atoms with Gasteiger partial charge in [0.05, 0.1) is 11.4 Å². The summed E-state index contributed by atoms with van der Waals surface area (Å²) in [7, 11) is 0. The van der Waals surface area contributed by atoms with Gasteiger partial charge < -0.3 is 0 Å². The van der Waals surface area contributed by atoms with Crippen LogP contribution in [0.5, 0.6) is 0 Å². The van der Waals surface area contributed by atoms with Gasteiger partial charge in [-0.2, -0.15) is 0 Å². The van der Waals surface area contributed by atoms with Crippen molar-refractivity contribution in [1.82, 2.24) is 10.4 Å². The molecule has 0 saturated heterocycles. The molecule has 2 aliphatic rings. The number of anilines is 2. The van der Waals surface area contributed by atoms with Crippen molar-refractivity contribution < 1.29 is 9.59 Å². The molecule has 2 amide bonds. The summed E-state index contributed by atoms with van der Waals surface area (Å²) in [6.45, 7) is -0.0704. The Labute approximate surface area is 142 Å². The van der Waals surface area contributed by atoms with Crippen LogP contribution in [0.3, 0.4) is 0 Å². The largest absolute Gasteiger partial charge is 0.295 e. The molecule has 0 atom stereocenters. The van der Waals surface area contributed by atoms with Crippen LogP contribution in [0, 0.1) is 0 Å². The van der Waals surface area contributed by atoms with Crippen molar-refractivity contribution in [3.63, 3.8) is 0 Å². The van der Waals surface area contributed by atoms with Gasteiger partial charge in [0, 0.05) is 4.88 Å². The van der Waals surface area contributed by atoms with E-state index in [9.17, 15) is 9.59 Å². The van der Waals surface area contributed by atoms with Gasteiger partial charge in [-0.15, -0.1) is 11.3 Å². The van der Waals surface area contributed by atoms with Gasteiger partial charge >= 0.3 is 0 Å². The van der Waals surface area contributed by atoms with Gasteiger partial charge in [-0.1, -0.05) is 18.2 Å². The highest BCUT2D eigenvalue weighted by Gasteiger charge is 2.26. The first kappa shape index (κ1) is 14.8. The molecule has 24 heavy (non-hydrogen) atoms. The second kappa shape index (κ2) is 6.04. The number of benzene rings is 1. The molecule has 1 aromatic carbocycles. The Bertz CT molecular complexity index is 809. The molecule has 0 fully saturated rings. The average molecular weight is 341 g/mol. The number of aryl methyl sites for hydroxylation is 2. The Morgan fingerprint density at radius 2 is 2.08 bits per heavy atom. The maximum absolute atomic E-state index is 12.4. The van der Waals surface area contributed by atoms with Crippen LogP contribution in [-0.2, 0) is 22.4 Å². The number of rotatable bonds is 3. The van der Waals surface area contributed by atoms with E-state index < -0.39 is 5.91 Å². The number of nitrogens with one attached hydrogen (secondary N) is 2. The smallest absolute Gasteiger partial charge is 0.294 e. The highest BCUT2D eigenvalue weighted by Crippen LogP contribution is 2.30. The highest BCUT2D eigenvalue weighted by atomic mass is 32.1. The minimum Gasteiger partial charge on any atom is -0.295 e. The summed E-state index contributed by atoms with van der Waals surface area (Å²) in [5.74, 6) is -0.504. The molecule has 8 heteroatoms. The van der Waals surface area contributed by atoms with Crippen molar-refractivity contribution in [3.8, 4) is 0 Å². The molecular formula is C16H15N5O2S. The number of aromatic nitrogens is 1. The monoisotopic (exact) mass is 341 g/mol. The maximum atomic E-state index is 12.4. The Morgan fingerprint density at radius 3 is 2.88 bits per heavy atom. The molecule has 0 spiro atoms. The zero-order chi connectivity index (χ0) is 16.5. The lowest BCUT2D eigenvalue weighted by Crippen LogP contribution is -2.54. The third-order valence-electron chi connectivity index (χ3n) is 3.89. The lowest BCUT2D eigenvalue weighted by Gasteiger charge is -2.27. The number of thiazole rings is 1. The number of carbonyl (C=O) groups is 2. The zero-order valence-corrected chi connectivity index (χ0v) is 13.6. The van der Waals surface area contributed by atoms with E-state index in [-0.39, 0.29) is 18.3 Å². The molecule has 122 valence electrons. The summed E-state index contributed by atoms with van der Waals surface area (Å²) in [5, 5.41) is 4.68. The van der Waals surface area contributed by atoms with E-state index in [1.165, 1.54) is 21.2 Å². The highest BCUT2D eigenvalue weighted by molar-refractivity contribution is 7.16. The number of amides is 2. The van der Waals surface area contributed by atoms with E-state index in [0.717, 1.165) is 25.0 Å². The first-order chi connectivity index (χ1) is 11.7. The predicted octanol–water partition coefficient (Wildman–Crippen LogP) is 1.52.